The number of hydrogen-bond acceptors (Lipinski definition) is 5. The van der Waals surface area contributed by atoms with Crippen LogP contribution in [0, 0.1) is 17.0 Å². The van der Waals surface area contributed by atoms with E-state index in [2.05, 4.69) is 10.1 Å². The van der Waals surface area contributed by atoms with E-state index >= 15 is 0 Å². The van der Waals surface area contributed by atoms with Gasteiger partial charge in [0.2, 0.25) is 0 Å². The van der Waals surface area contributed by atoms with Gasteiger partial charge < -0.3 is 0 Å². The molecule has 0 atom stereocenters. The van der Waals surface area contributed by atoms with Crippen LogP contribution in [0.5, 0.6) is 0 Å². The van der Waals surface area contributed by atoms with Gasteiger partial charge in [-0.05, 0) is 6.92 Å². The summed E-state index contributed by atoms with van der Waals surface area (Å²) in [5.41, 5.74) is 1.36. The minimum atomic E-state index is -0.410. The molecule has 0 aliphatic carbocycles. The third-order valence-electron chi connectivity index (χ3n) is 2.75. The highest BCUT2D eigenvalue weighted by Gasteiger charge is 2.14. The van der Waals surface area contributed by atoms with Crippen molar-refractivity contribution >= 4 is 27.9 Å². The van der Waals surface area contributed by atoms with E-state index in [1.54, 1.807) is 28.3 Å². The number of hydrogen-bond donors (Lipinski definition) is 0. The quantitative estimate of drug-likeness (QED) is 0.543. The van der Waals surface area contributed by atoms with Crippen LogP contribution in [-0.2, 0) is 6.54 Å². The van der Waals surface area contributed by atoms with Gasteiger partial charge in [-0.15, -0.1) is 11.3 Å². The van der Waals surface area contributed by atoms with E-state index in [0.717, 1.165) is 16.1 Å². The monoisotopic (exact) mass is 274 g/mol. The Hall–Kier alpha value is -2.28. The fraction of sp³-hybridized carbons (Fsp3) is 0.167. The highest BCUT2D eigenvalue weighted by atomic mass is 32.1. The predicted octanol–water partition coefficient (Wildman–Crippen LogP) is 2.76. The lowest BCUT2D eigenvalue weighted by molar-refractivity contribution is -0.383. The highest BCUT2D eigenvalue weighted by Crippen LogP contribution is 2.23. The molecule has 0 aliphatic heterocycles. The maximum Gasteiger partial charge on any atom is 0.297 e. The van der Waals surface area contributed by atoms with Crippen LogP contribution in [0.25, 0.3) is 10.9 Å². The Morgan fingerprint density at radius 2 is 2.32 bits per heavy atom. The fourth-order valence-corrected chi connectivity index (χ4v) is 2.56. The Morgan fingerprint density at radius 3 is 3.00 bits per heavy atom. The molecule has 1 aromatic carbocycles. The molecule has 0 saturated heterocycles. The molecule has 0 unspecified atom stereocenters. The van der Waals surface area contributed by atoms with Crippen LogP contribution in [-0.4, -0.2) is 19.7 Å². The third-order valence-corrected chi connectivity index (χ3v) is 3.57. The van der Waals surface area contributed by atoms with E-state index in [4.69, 9.17) is 0 Å². The largest absolute Gasteiger partial charge is 0.297 e. The topological polar surface area (TPSA) is 73.8 Å². The molecule has 2 aromatic heterocycles. The molecule has 6 nitrogen and oxygen atoms in total. The van der Waals surface area contributed by atoms with Gasteiger partial charge in [0.05, 0.1) is 22.2 Å². The molecule has 0 spiro atoms. The second-order valence-corrected chi connectivity index (χ2v) is 5.22. The van der Waals surface area contributed by atoms with E-state index in [0.29, 0.717) is 12.1 Å². The second-order valence-electron chi connectivity index (χ2n) is 4.16. The zero-order valence-electron chi connectivity index (χ0n) is 10.1. The molecule has 0 N–H and O–H groups in total. The number of nitrogens with zero attached hydrogens (tertiary/aromatic N) is 4. The number of fused-ring (bicyclic) bond motifs is 1. The van der Waals surface area contributed by atoms with E-state index in [1.165, 1.54) is 6.07 Å². The molecule has 0 amide bonds. The lowest BCUT2D eigenvalue weighted by atomic mass is 10.2. The number of benzene rings is 1. The first-order chi connectivity index (χ1) is 9.13. The summed E-state index contributed by atoms with van der Waals surface area (Å²) in [4.78, 5) is 14.9. The molecule has 3 rings (SSSR count). The van der Waals surface area contributed by atoms with Crippen molar-refractivity contribution in [3.8, 4) is 0 Å². The van der Waals surface area contributed by atoms with Crippen LogP contribution in [0.4, 0.5) is 5.69 Å². The van der Waals surface area contributed by atoms with Crippen LogP contribution < -0.4 is 0 Å². The minimum Gasteiger partial charge on any atom is -0.265 e. The minimum absolute atomic E-state index is 0.0331. The number of non-ortho nitro benzene ring substituents is 1. The number of nitro benzene ring substituents is 1. The van der Waals surface area contributed by atoms with Gasteiger partial charge in [0, 0.05) is 23.0 Å². The van der Waals surface area contributed by atoms with Crippen molar-refractivity contribution < 1.29 is 4.92 Å². The lowest BCUT2D eigenvalue weighted by Crippen LogP contribution is -2.00. The molecule has 0 fully saturated rings. The summed E-state index contributed by atoms with van der Waals surface area (Å²) in [5.74, 6) is 0. The average Bonchev–Trinajstić information content (AvgIpc) is 2.94. The zero-order valence-corrected chi connectivity index (χ0v) is 10.9. The van der Waals surface area contributed by atoms with E-state index in [-0.39, 0.29) is 5.69 Å². The van der Waals surface area contributed by atoms with Gasteiger partial charge in [-0.2, -0.15) is 5.10 Å². The molecule has 96 valence electrons. The van der Waals surface area contributed by atoms with Crippen molar-refractivity contribution in [2.45, 2.75) is 13.5 Å². The number of aryl methyl sites for hydroxylation is 1. The first-order valence-electron chi connectivity index (χ1n) is 5.65. The summed E-state index contributed by atoms with van der Waals surface area (Å²) >= 11 is 1.58. The zero-order chi connectivity index (χ0) is 13.4. The average molecular weight is 274 g/mol. The first-order valence-corrected chi connectivity index (χ1v) is 6.53. The smallest absolute Gasteiger partial charge is 0.265 e. The third kappa shape index (κ3) is 2.19. The SMILES string of the molecule is Cc1nc(Cn2cc3cccc([N+](=O)[O-])c3n2)cs1. The van der Waals surface area contributed by atoms with Gasteiger partial charge in [0.15, 0.2) is 5.52 Å². The van der Waals surface area contributed by atoms with Crippen LogP contribution in [0.2, 0.25) is 0 Å². The molecule has 0 aliphatic rings. The van der Waals surface area contributed by atoms with Gasteiger partial charge >= 0.3 is 0 Å². The van der Waals surface area contributed by atoms with E-state index < -0.39 is 4.92 Å². The lowest BCUT2D eigenvalue weighted by Gasteiger charge is -1.95. The van der Waals surface area contributed by atoms with Crippen molar-refractivity contribution in [2.24, 2.45) is 0 Å². The van der Waals surface area contributed by atoms with E-state index in [9.17, 15) is 10.1 Å². The Bertz CT molecular complexity index is 762. The Balaban J connectivity index is 2.02. The summed E-state index contributed by atoms with van der Waals surface area (Å²) in [6.07, 6.45) is 1.80. The molecule has 0 radical (unpaired) electrons. The Kier molecular flexibility index (Phi) is 2.75. The summed E-state index contributed by atoms with van der Waals surface area (Å²) in [5, 5.41) is 18.9. The number of thiazole rings is 1. The van der Waals surface area contributed by atoms with Crippen molar-refractivity contribution in [1.82, 2.24) is 14.8 Å². The number of nitro groups is 1. The normalized spacial score (nSPS) is 11.0. The van der Waals surface area contributed by atoms with Gasteiger partial charge in [0.1, 0.15) is 0 Å². The Labute approximate surface area is 112 Å². The predicted molar refractivity (Wildman–Crippen MR) is 72.3 cm³/mol. The summed E-state index contributed by atoms with van der Waals surface area (Å²) in [6, 6.07) is 4.95. The van der Waals surface area contributed by atoms with Crippen molar-refractivity contribution in [1.29, 1.82) is 0 Å². The summed E-state index contributed by atoms with van der Waals surface area (Å²) in [6.45, 7) is 2.47. The Morgan fingerprint density at radius 1 is 1.47 bits per heavy atom. The highest BCUT2D eigenvalue weighted by molar-refractivity contribution is 7.09. The van der Waals surface area contributed by atoms with Gasteiger partial charge in [-0.1, -0.05) is 12.1 Å². The van der Waals surface area contributed by atoms with Crippen molar-refractivity contribution in [3.63, 3.8) is 0 Å². The molecular weight excluding hydrogens is 264 g/mol. The van der Waals surface area contributed by atoms with E-state index in [1.807, 2.05) is 18.4 Å². The first kappa shape index (κ1) is 11.8. The second kappa shape index (κ2) is 4.43. The van der Waals surface area contributed by atoms with Crippen LogP contribution in [0.3, 0.4) is 0 Å². The van der Waals surface area contributed by atoms with Gasteiger partial charge in [-0.25, -0.2) is 4.98 Å². The van der Waals surface area contributed by atoms with Crippen molar-refractivity contribution in [3.05, 3.63) is 50.6 Å². The fourth-order valence-electron chi connectivity index (χ4n) is 1.95. The summed E-state index contributed by atoms with van der Waals surface area (Å²) in [7, 11) is 0. The van der Waals surface area contributed by atoms with Crippen LogP contribution in [0.15, 0.2) is 29.8 Å². The number of rotatable bonds is 3. The maximum atomic E-state index is 10.9. The molecule has 0 bridgehead atoms. The molecule has 19 heavy (non-hydrogen) atoms. The molecule has 2 heterocycles. The van der Waals surface area contributed by atoms with Crippen LogP contribution >= 0.6 is 11.3 Å². The van der Waals surface area contributed by atoms with Gasteiger partial charge in [0.25, 0.3) is 5.69 Å². The molecule has 7 heteroatoms. The maximum absolute atomic E-state index is 10.9. The van der Waals surface area contributed by atoms with Crippen LogP contribution in [0.1, 0.15) is 10.7 Å². The standard InChI is InChI=1S/C12H10N4O2S/c1-8-13-10(7-19-8)6-15-5-9-3-2-4-11(16(17)18)12(9)14-15/h2-5,7H,6H2,1H3. The number of aromatic nitrogens is 3. The van der Waals surface area contributed by atoms with Crippen molar-refractivity contribution in [2.75, 3.05) is 0 Å². The molecule has 3 aromatic rings. The molecule has 0 saturated carbocycles. The molecular formula is C12H10N4O2S. The summed E-state index contributed by atoms with van der Waals surface area (Å²) < 4.78 is 1.69. The van der Waals surface area contributed by atoms with Gasteiger partial charge in [-0.3, -0.25) is 14.8 Å².